The average molecular weight is 709 g/mol. The number of nitrogens with zero attached hydrogens (tertiary/aromatic N) is 4. The summed E-state index contributed by atoms with van der Waals surface area (Å²) in [4.78, 5) is 21.4. The van der Waals surface area contributed by atoms with Crippen molar-refractivity contribution in [2.24, 2.45) is 5.73 Å². The second-order valence-corrected chi connectivity index (χ2v) is 15.7. The van der Waals surface area contributed by atoms with Gasteiger partial charge in [0.1, 0.15) is 18.2 Å². The highest BCUT2D eigenvalue weighted by Gasteiger charge is 2.55. The van der Waals surface area contributed by atoms with Gasteiger partial charge in [-0.15, -0.1) is 11.3 Å². The number of carbonyl (C=O) groups excluding carboxylic acids is 1. The van der Waals surface area contributed by atoms with Crippen LogP contribution in [0.2, 0.25) is 4.34 Å². The molecule has 0 bridgehead atoms. The van der Waals surface area contributed by atoms with E-state index in [0.29, 0.717) is 60.9 Å². The number of halogens is 5. The topological polar surface area (TPSA) is 96.6 Å². The molecule has 0 saturated carbocycles. The summed E-state index contributed by atoms with van der Waals surface area (Å²) < 4.78 is 82.8. The quantitative estimate of drug-likeness (QED) is 0.171. The number of likely N-dealkylation sites (tertiary alicyclic amines) is 1. The lowest BCUT2D eigenvalue weighted by molar-refractivity contribution is -0.823. The van der Waals surface area contributed by atoms with Crippen LogP contribution in [0, 0.1) is 5.82 Å². The van der Waals surface area contributed by atoms with E-state index in [1.807, 2.05) is 9.80 Å². The average Bonchev–Trinajstić information content (AvgIpc) is 3.69. The fraction of sp³-hybridized carbons (Fsp3) is 0.312. The molecule has 2 fully saturated rings. The number of amides is 1. The number of alkyl halides is 3. The summed E-state index contributed by atoms with van der Waals surface area (Å²) in [7, 11) is -4.18. The van der Waals surface area contributed by atoms with Gasteiger partial charge < -0.3 is 15.5 Å². The number of hydrogen-bond donors (Lipinski definition) is 1. The van der Waals surface area contributed by atoms with Crippen LogP contribution in [0.4, 0.5) is 29.1 Å². The Hall–Kier alpha value is -3.72. The molecule has 4 aromatic rings. The Morgan fingerprint density at radius 1 is 1.00 bits per heavy atom. The zero-order valence-electron chi connectivity index (χ0n) is 25.0. The van der Waals surface area contributed by atoms with E-state index in [-0.39, 0.29) is 33.9 Å². The number of benzene rings is 2. The first-order valence-corrected chi connectivity index (χ1v) is 17.5. The van der Waals surface area contributed by atoms with E-state index in [0.717, 1.165) is 23.5 Å². The first-order chi connectivity index (χ1) is 22.3. The fourth-order valence-corrected chi connectivity index (χ4v) is 10.4. The van der Waals surface area contributed by atoms with Crippen molar-refractivity contribution >= 4 is 50.4 Å². The number of nitrogens with two attached hydrogens (primary N) is 1. The summed E-state index contributed by atoms with van der Waals surface area (Å²) in [5.41, 5.74) is 6.74. The molecule has 2 aromatic heterocycles. The Labute approximate surface area is 278 Å². The van der Waals surface area contributed by atoms with Crippen molar-refractivity contribution in [1.29, 1.82) is 0 Å². The molecule has 2 aromatic carbocycles. The number of rotatable bonds is 8. The Morgan fingerprint density at radius 2 is 1.68 bits per heavy atom. The van der Waals surface area contributed by atoms with Gasteiger partial charge in [0.05, 0.1) is 27.8 Å². The molecule has 47 heavy (non-hydrogen) atoms. The second-order valence-electron chi connectivity index (χ2n) is 11.6. The van der Waals surface area contributed by atoms with Gasteiger partial charge in [-0.2, -0.15) is 25.5 Å². The van der Waals surface area contributed by atoms with Crippen molar-refractivity contribution in [3.8, 4) is 11.3 Å². The Balaban J connectivity index is 1.41. The molecule has 248 valence electrons. The van der Waals surface area contributed by atoms with Crippen LogP contribution < -0.4 is 15.5 Å². The lowest BCUT2D eigenvalue weighted by atomic mass is 10.1. The van der Waals surface area contributed by atoms with Gasteiger partial charge in [0.25, 0.3) is 5.91 Å². The number of para-hydroxylation sites is 1. The Kier molecular flexibility index (Phi) is 8.98. The van der Waals surface area contributed by atoms with Crippen molar-refractivity contribution in [3.63, 3.8) is 0 Å². The van der Waals surface area contributed by atoms with Gasteiger partial charge in [-0.3, -0.25) is 4.79 Å². The molecule has 0 aliphatic carbocycles. The van der Waals surface area contributed by atoms with Gasteiger partial charge in [-0.25, -0.2) is 9.37 Å². The second kappa shape index (κ2) is 12.7. The van der Waals surface area contributed by atoms with Crippen LogP contribution in [0.1, 0.15) is 24.0 Å². The molecule has 0 radical (unpaired) electrons. The predicted octanol–water partition coefficient (Wildman–Crippen LogP) is 6.30. The minimum atomic E-state index is -4.52. The maximum Gasteiger partial charge on any atom is 0.416 e. The SMILES string of the molecule is NC(=O)[C@@H]1CCC[N+]1(Cc1cc(-c2ccc(C(F)(F)F)cc2)nc(N2CCN(c3ccccc3F)CC2)c1)S(=O)(=O)c1ccc(Cl)s1. The van der Waals surface area contributed by atoms with Crippen LogP contribution in [0.15, 0.2) is 77.0 Å². The van der Waals surface area contributed by atoms with E-state index in [9.17, 15) is 30.8 Å². The predicted molar refractivity (Wildman–Crippen MR) is 173 cm³/mol. The molecule has 4 heterocycles. The summed E-state index contributed by atoms with van der Waals surface area (Å²) >= 11 is 7.02. The number of carbonyl (C=O) groups is 1. The first kappa shape index (κ1) is 33.2. The Morgan fingerprint density at radius 3 is 2.30 bits per heavy atom. The van der Waals surface area contributed by atoms with Crippen LogP contribution in [-0.4, -0.2) is 62.0 Å². The van der Waals surface area contributed by atoms with E-state index in [1.165, 1.54) is 30.3 Å². The summed E-state index contributed by atoms with van der Waals surface area (Å²) in [6, 6.07) is 16.4. The molecule has 2 atom stereocenters. The number of hydrogen-bond acceptors (Lipinski definition) is 7. The molecule has 2 aliphatic rings. The minimum absolute atomic E-state index is 0.0113. The number of pyridine rings is 1. The zero-order chi connectivity index (χ0) is 33.6. The molecule has 15 heteroatoms. The molecule has 1 amide bonds. The minimum Gasteiger partial charge on any atom is -0.366 e. The first-order valence-electron chi connectivity index (χ1n) is 14.9. The standard InChI is InChI=1S/C32H30ClF4N5O3S2/c33-28-11-12-30(46-28)47(44,45)42(17-3-6-27(42)31(38)43)20-21-18-25(22-7-9-23(10-8-22)32(35,36)37)39-29(19-21)41-15-13-40(14-16-41)26-5-2-1-4-24(26)34/h1-2,4-5,7-12,18-19,27H,3,6,13-17,20H2,(H-,38,43)/p+1/t27-,42?/m0/s1. The largest absolute Gasteiger partial charge is 0.416 e. The molecule has 8 nitrogen and oxygen atoms in total. The highest BCUT2D eigenvalue weighted by atomic mass is 35.5. The summed E-state index contributed by atoms with van der Waals surface area (Å²) in [5, 5.41) is 0. The number of quaternary nitrogens is 1. The van der Waals surface area contributed by atoms with Crippen molar-refractivity contribution < 1.29 is 34.7 Å². The lowest BCUT2D eigenvalue weighted by Crippen LogP contribution is -2.59. The van der Waals surface area contributed by atoms with Crippen LogP contribution in [0.5, 0.6) is 0 Å². The molecule has 2 N–H and O–H groups in total. The van der Waals surface area contributed by atoms with Crippen molar-refractivity contribution in [2.75, 3.05) is 42.5 Å². The van der Waals surface area contributed by atoms with Crippen molar-refractivity contribution in [1.82, 2.24) is 4.98 Å². The highest BCUT2D eigenvalue weighted by Crippen LogP contribution is 2.41. The van der Waals surface area contributed by atoms with Gasteiger partial charge in [-0.1, -0.05) is 35.9 Å². The van der Waals surface area contributed by atoms with Crippen LogP contribution in [0.3, 0.4) is 0 Å². The van der Waals surface area contributed by atoms with Crippen molar-refractivity contribution in [2.45, 2.75) is 35.8 Å². The zero-order valence-corrected chi connectivity index (χ0v) is 27.3. The van der Waals surface area contributed by atoms with E-state index < -0.39 is 37.6 Å². The molecule has 2 saturated heterocycles. The van der Waals surface area contributed by atoms with E-state index >= 15 is 0 Å². The third-order valence-electron chi connectivity index (χ3n) is 8.82. The number of sulfonamides is 1. The monoisotopic (exact) mass is 708 g/mol. The van der Waals surface area contributed by atoms with Gasteiger partial charge in [0.2, 0.25) is 0 Å². The molecule has 0 spiro atoms. The number of primary amides is 1. The van der Waals surface area contributed by atoms with Crippen LogP contribution in [-0.2, 0) is 27.5 Å². The smallest absolute Gasteiger partial charge is 0.366 e. The molecule has 6 rings (SSSR count). The summed E-state index contributed by atoms with van der Waals surface area (Å²) in [6.07, 6.45) is -3.81. The van der Waals surface area contributed by atoms with Gasteiger partial charge in [-0.05, 0) is 48.5 Å². The van der Waals surface area contributed by atoms with Crippen molar-refractivity contribution in [3.05, 3.63) is 94.1 Å². The summed E-state index contributed by atoms with van der Waals surface area (Å²) in [5.74, 6) is -0.590. The fourth-order valence-electron chi connectivity index (χ4n) is 6.49. The number of anilines is 2. The van der Waals surface area contributed by atoms with Crippen LogP contribution >= 0.6 is 22.9 Å². The maximum absolute atomic E-state index is 14.5. The molecular weight excluding hydrogens is 678 g/mol. The third-order valence-corrected chi connectivity index (χ3v) is 12.9. The maximum atomic E-state index is 14.5. The molecule has 1 unspecified atom stereocenters. The Bertz CT molecular complexity index is 1900. The molecule has 2 aliphatic heterocycles. The van der Waals surface area contributed by atoms with Gasteiger partial charge >= 0.3 is 16.2 Å². The lowest BCUT2D eigenvalue weighted by Gasteiger charge is -2.38. The number of piperazine rings is 1. The van der Waals surface area contributed by atoms with E-state index in [2.05, 4.69) is 0 Å². The number of aromatic nitrogens is 1. The summed E-state index contributed by atoms with van der Waals surface area (Å²) in [6.45, 7) is 1.84. The molecular formula is C32H31ClF4N5O3S2+. The van der Waals surface area contributed by atoms with E-state index in [1.54, 1.807) is 30.3 Å². The van der Waals surface area contributed by atoms with E-state index in [4.69, 9.17) is 22.3 Å². The normalized spacial score (nSPS) is 20.5. The van der Waals surface area contributed by atoms with Gasteiger partial charge in [0, 0.05) is 50.1 Å². The third kappa shape index (κ3) is 6.43. The highest BCUT2D eigenvalue weighted by molar-refractivity contribution is 7.88. The van der Waals surface area contributed by atoms with Gasteiger partial charge in [0.15, 0.2) is 10.3 Å². The number of thiophene rings is 1. The van der Waals surface area contributed by atoms with Crippen LogP contribution in [0.25, 0.3) is 11.3 Å².